The van der Waals surface area contributed by atoms with E-state index in [1.807, 2.05) is 0 Å². The molecule has 0 radical (unpaired) electrons. The molecule has 0 spiro atoms. The fourth-order valence-electron chi connectivity index (χ4n) is 1.26. The summed E-state index contributed by atoms with van der Waals surface area (Å²) < 4.78 is 9.44. The van der Waals surface area contributed by atoms with Crippen LogP contribution in [0.1, 0.15) is 13.3 Å². The SMILES string of the molecule is C=CCOC(=O)NC[C@H](CC(C)=O)NC(=O)OCC=C. The lowest BCUT2D eigenvalue weighted by molar-refractivity contribution is -0.117. The topological polar surface area (TPSA) is 93.7 Å². The molecule has 2 amide bonds. The molecule has 2 N–H and O–H groups in total. The number of Topliss-reactive ketones (excluding diaryl/α,β-unsaturated/α-hetero) is 1. The smallest absolute Gasteiger partial charge is 0.407 e. The summed E-state index contributed by atoms with van der Waals surface area (Å²) in [5.41, 5.74) is 0. The van der Waals surface area contributed by atoms with E-state index in [-0.39, 0.29) is 32.0 Å². The van der Waals surface area contributed by atoms with Crippen LogP contribution in [0.4, 0.5) is 9.59 Å². The van der Waals surface area contributed by atoms with Gasteiger partial charge in [-0.25, -0.2) is 9.59 Å². The van der Waals surface area contributed by atoms with Crippen LogP contribution in [-0.2, 0) is 14.3 Å². The fourth-order valence-corrected chi connectivity index (χ4v) is 1.26. The second kappa shape index (κ2) is 10.6. The minimum atomic E-state index is -0.683. The summed E-state index contributed by atoms with van der Waals surface area (Å²) in [7, 11) is 0. The number of alkyl carbamates (subject to hydrolysis) is 2. The zero-order chi connectivity index (χ0) is 15.4. The second-order valence-corrected chi connectivity index (χ2v) is 3.90. The fraction of sp³-hybridized carbons (Fsp3) is 0.462. The summed E-state index contributed by atoms with van der Waals surface area (Å²) in [4.78, 5) is 33.7. The maximum Gasteiger partial charge on any atom is 0.407 e. The Morgan fingerprint density at radius 1 is 1.10 bits per heavy atom. The molecule has 0 fully saturated rings. The first-order valence-electron chi connectivity index (χ1n) is 6.04. The minimum absolute atomic E-state index is 0.0543. The summed E-state index contributed by atoms with van der Waals surface area (Å²) >= 11 is 0. The second-order valence-electron chi connectivity index (χ2n) is 3.90. The van der Waals surface area contributed by atoms with E-state index in [2.05, 4.69) is 23.8 Å². The van der Waals surface area contributed by atoms with Crippen LogP contribution in [0.2, 0.25) is 0 Å². The van der Waals surface area contributed by atoms with E-state index in [1.165, 1.54) is 19.1 Å². The van der Waals surface area contributed by atoms with Gasteiger partial charge in [0.1, 0.15) is 19.0 Å². The van der Waals surface area contributed by atoms with Gasteiger partial charge < -0.3 is 20.1 Å². The maximum absolute atomic E-state index is 11.4. The molecule has 0 unspecified atom stereocenters. The van der Waals surface area contributed by atoms with E-state index in [9.17, 15) is 14.4 Å². The molecule has 0 saturated heterocycles. The zero-order valence-electron chi connectivity index (χ0n) is 11.5. The van der Waals surface area contributed by atoms with Gasteiger partial charge in [-0.3, -0.25) is 4.79 Å². The lowest BCUT2D eigenvalue weighted by Gasteiger charge is -2.17. The van der Waals surface area contributed by atoms with E-state index in [1.54, 1.807) is 0 Å². The molecule has 20 heavy (non-hydrogen) atoms. The normalized spacial score (nSPS) is 10.8. The number of nitrogens with one attached hydrogen (secondary N) is 2. The molecule has 0 aliphatic rings. The first-order valence-corrected chi connectivity index (χ1v) is 6.04. The number of rotatable bonds is 9. The quantitative estimate of drug-likeness (QED) is 0.620. The van der Waals surface area contributed by atoms with Crippen LogP contribution in [0, 0.1) is 0 Å². The highest BCUT2D eigenvalue weighted by Gasteiger charge is 2.16. The molecule has 0 aromatic rings. The van der Waals surface area contributed by atoms with Crippen molar-refractivity contribution in [3.8, 4) is 0 Å². The molecule has 0 aromatic carbocycles. The van der Waals surface area contributed by atoms with Gasteiger partial charge >= 0.3 is 12.2 Å². The first kappa shape index (κ1) is 17.7. The Balaban J connectivity index is 4.23. The number of carbonyl (C=O) groups is 3. The third-order valence-electron chi connectivity index (χ3n) is 2.01. The van der Waals surface area contributed by atoms with Crippen molar-refractivity contribution in [2.45, 2.75) is 19.4 Å². The molecule has 1 atom stereocenters. The average Bonchev–Trinajstić information content (AvgIpc) is 2.39. The molecular weight excluding hydrogens is 264 g/mol. The van der Waals surface area contributed by atoms with Gasteiger partial charge in [-0.15, -0.1) is 0 Å². The number of carbonyl (C=O) groups excluding carboxylic acids is 3. The van der Waals surface area contributed by atoms with Gasteiger partial charge in [-0.2, -0.15) is 0 Å². The minimum Gasteiger partial charge on any atom is -0.445 e. The Morgan fingerprint density at radius 2 is 1.65 bits per heavy atom. The van der Waals surface area contributed by atoms with Crippen molar-refractivity contribution in [2.75, 3.05) is 19.8 Å². The van der Waals surface area contributed by atoms with Crippen LogP contribution >= 0.6 is 0 Å². The Hall–Kier alpha value is -2.31. The molecule has 7 nitrogen and oxygen atoms in total. The molecule has 0 aliphatic carbocycles. The van der Waals surface area contributed by atoms with Crippen LogP contribution in [0.15, 0.2) is 25.3 Å². The van der Waals surface area contributed by atoms with Crippen molar-refractivity contribution in [1.82, 2.24) is 10.6 Å². The van der Waals surface area contributed by atoms with Crippen molar-refractivity contribution in [1.29, 1.82) is 0 Å². The highest BCUT2D eigenvalue weighted by Crippen LogP contribution is 1.94. The van der Waals surface area contributed by atoms with Crippen LogP contribution in [0.5, 0.6) is 0 Å². The highest BCUT2D eigenvalue weighted by atomic mass is 16.6. The molecular formula is C13H20N2O5. The van der Waals surface area contributed by atoms with Crippen molar-refractivity contribution in [3.05, 3.63) is 25.3 Å². The van der Waals surface area contributed by atoms with Gasteiger partial charge in [0, 0.05) is 13.0 Å². The van der Waals surface area contributed by atoms with Gasteiger partial charge in [-0.05, 0) is 6.92 Å². The Bertz CT molecular complexity index is 368. The van der Waals surface area contributed by atoms with Gasteiger partial charge in [0.25, 0.3) is 0 Å². The maximum atomic E-state index is 11.4. The number of amides is 2. The number of hydrogen-bond donors (Lipinski definition) is 2. The van der Waals surface area contributed by atoms with E-state index >= 15 is 0 Å². The van der Waals surface area contributed by atoms with Crippen molar-refractivity contribution >= 4 is 18.0 Å². The van der Waals surface area contributed by atoms with Gasteiger partial charge in [-0.1, -0.05) is 25.3 Å². The monoisotopic (exact) mass is 284 g/mol. The van der Waals surface area contributed by atoms with Crippen molar-refractivity contribution in [2.24, 2.45) is 0 Å². The average molecular weight is 284 g/mol. The lowest BCUT2D eigenvalue weighted by Crippen LogP contribution is -2.45. The van der Waals surface area contributed by atoms with Crippen LogP contribution in [0.3, 0.4) is 0 Å². The Labute approximate surface area is 118 Å². The van der Waals surface area contributed by atoms with E-state index in [0.717, 1.165) is 0 Å². The summed E-state index contributed by atoms with van der Waals surface area (Å²) in [5, 5.41) is 4.91. The molecule has 0 bridgehead atoms. The largest absolute Gasteiger partial charge is 0.445 e. The summed E-state index contributed by atoms with van der Waals surface area (Å²) in [6, 6.07) is -0.568. The summed E-state index contributed by atoms with van der Waals surface area (Å²) in [6.45, 7) is 8.40. The lowest BCUT2D eigenvalue weighted by atomic mass is 10.1. The highest BCUT2D eigenvalue weighted by molar-refractivity contribution is 5.77. The van der Waals surface area contributed by atoms with E-state index in [4.69, 9.17) is 9.47 Å². The summed E-state index contributed by atoms with van der Waals surface area (Å²) in [5.74, 6) is -0.125. The van der Waals surface area contributed by atoms with Gasteiger partial charge in [0.15, 0.2) is 0 Å². The van der Waals surface area contributed by atoms with Gasteiger partial charge in [0.05, 0.1) is 6.04 Å². The Morgan fingerprint density at radius 3 is 2.15 bits per heavy atom. The molecule has 112 valence electrons. The third-order valence-corrected chi connectivity index (χ3v) is 2.01. The van der Waals surface area contributed by atoms with Crippen LogP contribution in [-0.4, -0.2) is 43.8 Å². The standard InChI is InChI=1S/C13H20N2O5/c1-4-6-19-12(17)14-9-11(8-10(3)16)15-13(18)20-7-5-2/h4-5,11H,1-2,6-9H2,3H3,(H,14,17)(H,15,18)/t11-/m0/s1. The van der Waals surface area contributed by atoms with Crippen molar-refractivity contribution in [3.63, 3.8) is 0 Å². The molecule has 0 heterocycles. The van der Waals surface area contributed by atoms with E-state index in [0.29, 0.717) is 0 Å². The number of ketones is 1. The number of ether oxygens (including phenoxy) is 2. The zero-order valence-corrected chi connectivity index (χ0v) is 11.5. The van der Waals surface area contributed by atoms with Gasteiger partial charge in [0.2, 0.25) is 0 Å². The predicted molar refractivity (Wildman–Crippen MR) is 73.3 cm³/mol. The molecule has 0 aromatic heterocycles. The Kier molecular flexibility index (Phi) is 9.37. The van der Waals surface area contributed by atoms with Crippen molar-refractivity contribution < 1.29 is 23.9 Å². The molecule has 7 heteroatoms. The van der Waals surface area contributed by atoms with E-state index < -0.39 is 18.2 Å². The number of hydrogen-bond acceptors (Lipinski definition) is 5. The van der Waals surface area contributed by atoms with Crippen LogP contribution < -0.4 is 10.6 Å². The third kappa shape index (κ3) is 9.69. The molecule has 0 aliphatic heterocycles. The van der Waals surface area contributed by atoms with Crippen LogP contribution in [0.25, 0.3) is 0 Å². The molecule has 0 rings (SSSR count). The summed E-state index contributed by atoms with van der Waals surface area (Å²) in [6.07, 6.45) is 1.59. The predicted octanol–water partition coefficient (Wildman–Crippen LogP) is 1.16. The first-order chi connectivity index (χ1) is 9.49. The molecule has 0 saturated carbocycles.